The normalized spacial score (nSPS) is 12.8. The van der Waals surface area contributed by atoms with Gasteiger partial charge in [-0.1, -0.05) is 35.9 Å². The van der Waals surface area contributed by atoms with E-state index in [0.717, 1.165) is 11.1 Å². The van der Waals surface area contributed by atoms with E-state index in [9.17, 15) is 14.4 Å². The van der Waals surface area contributed by atoms with Crippen LogP contribution in [0, 0.1) is 0 Å². The van der Waals surface area contributed by atoms with Gasteiger partial charge in [0.05, 0.1) is 17.5 Å². The number of fused-ring (bicyclic) bond motifs is 1. The second kappa shape index (κ2) is 8.08. The zero-order chi connectivity index (χ0) is 21.3. The molecule has 0 fully saturated rings. The van der Waals surface area contributed by atoms with Crippen LogP contribution < -0.4 is 5.32 Å². The smallest absolute Gasteiger partial charge is 0.261 e. The van der Waals surface area contributed by atoms with E-state index in [4.69, 9.17) is 11.6 Å². The highest BCUT2D eigenvalue weighted by molar-refractivity contribution is 6.30. The van der Waals surface area contributed by atoms with Crippen LogP contribution in [0.5, 0.6) is 0 Å². The molecule has 30 heavy (non-hydrogen) atoms. The zero-order valence-corrected chi connectivity index (χ0v) is 16.9. The Kier molecular flexibility index (Phi) is 5.33. The highest BCUT2D eigenvalue weighted by Crippen LogP contribution is 2.27. The van der Waals surface area contributed by atoms with Gasteiger partial charge in [0.25, 0.3) is 11.8 Å². The topological polar surface area (TPSA) is 79.4 Å². The number of imide groups is 1. The Morgan fingerprint density at radius 1 is 1.00 bits per heavy atom. The van der Waals surface area contributed by atoms with Gasteiger partial charge in [-0.3, -0.25) is 19.3 Å². The van der Waals surface area contributed by atoms with Crippen LogP contribution in [0.2, 0.25) is 5.02 Å². The number of rotatable bonds is 5. The van der Waals surface area contributed by atoms with Gasteiger partial charge in [0, 0.05) is 23.3 Å². The predicted molar refractivity (Wildman–Crippen MR) is 114 cm³/mol. The molecule has 1 aliphatic rings. The van der Waals surface area contributed by atoms with E-state index in [1.165, 1.54) is 4.90 Å². The third kappa shape index (κ3) is 3.69. The van der Waals surface area contributed by atoms with Crippen LogP contribution in [0.25, 0.3) is 11.1 Å². The molecule has 0 atom stereocenters. The van der Waals surface area contributed by atoms with Crippen molar-refractivity contribution in [1.82, 2.24) is 9.88 Å². The number of aromatic nitrogens is 1. The van der Waals surface area contributed by atoms with Crippen LogP contribution in [-0.2, 0) is 11.2 Å². The first kappa shape index (κ1) is 19.8. The number of hydrogen-bond acceptors (Lipinski definition) is 4. The number of halogens is 1. The van der Waals surface area contributed by atoms with Crippen molar-refractivity contribution < 1.29 is 14.4 Å². The number of pyridine rings is 1. The SMILES string of the molecule is CCN1C(=O)c2cccc(CC(=O)Nc3ccc(-c4ccc(Cl)cc4)cn3)c2C1=O. The molecule has 1 aromatic heterocycles. The molecule has 0 spiro atoms. The number of benzene rings is 2. The number of carbonyl (C=O) groups is 3. The van der Waals surface area contributed by atoms with Crippen molar-refractivity contribution in [3.8, 4) is 11.1 Å². The third-order valence-corrected chi connectivity index (χ3v) is 5.21. The molecule has 6 nitrogen and oxygen atoms in total. The first-order chi connectivity index (χ1) is 14.5. The highest BCUT2D eigenvalue weighted by Gasteiger charge is 2.36. The van der Waals surface area contributed by atoms with Crippen LogP contribution in [0.15, 0.2) is 60.8 Å². The molecule has 150 valence electrons. The lowest BCUT2D eigenvalue weighted by molar-refractivity contribution is -0.115. The van der Waals surface area contributed by atoms with Gasteiger partial charge in [-0.05, 0) is 48.4 Å². The lowest BCUT2D eigenvalue weighted by Crippen LogP contribution is -2.29. The second-order valence-corrected chi connectivity index (χ2v) is 7.29. The summed E-state index contributed by atoms with van der Waals surface area (Å²) in [7, 11) is 0. The van der Waals surface area contributed by atoms with Crippen LogP contribution >= 0.6 is 11.6 Å². The highest BCUT2D eigenvalue weighted by atomic mass is 35.5. The molecule has 0 bridgehead atoms. The Balaban J connectivity index is 1.48. The maximum atomic E-state index is 12.5. The summed E-state index contributed by atoms with van der Waals surface area (Å²) in [5.74, 6) is -0.584. The molecule has 0 aliphatic carbocycles. The van der Waals surface area contributed by atoms with E-state index in [2.05, 4.69) is 10.3 Å². The minimum absolute atomic E-state index is 0.0274. The molecule has 0 radical (unpaired) electrons. The van der Waals surface area contributed by atoms with Crippen LogP contribution in [0.4, 0.5) is 5.82 Å². The standard InChI is InChI=1S/C23H18ClN3O3/c1-2-27-22(29)18-5-3-4-15(21(18)23(27)30)12-20(28)26-19-11-8-16(13-25-19)14-6-9-17(24)10-7-14/h3-11,13H,2,12H2,1H3,(H,25,26,28). The fraction of sp³-hybridized carbons (Fsp3) is 0.130. The van der Waals surface area contributed by atoms with E-state index < -0.39 is 0 Å². The molecule has 0 saturated carbocycles. The quantitative estimate of drug-likeness (QED) is 0.628. The van der Waals surface area contributed by atoms with Gasteiger partial charge in [-0.25, -0.2) is 4.98 Å². The van der Waals surface area contributed by atoms with Crippen LogP contribution in [-0.4, -0.2) is 34.2 Å². The van der Waals surface area contributed by atoms with E-state index in [0.29, 0.717) is 34.1 Å². The molecule has 3 amide bonds. The minimum atomic E-state index is -0.355. The Hall–Kier alpha value is -3.51. The van der Waals surface area contributed by atoms with Gasteiger partial charge in [0.1, 0.15) is 5.82 Å². The Labute approximate surface area is 178 Å². The predicted octanol–water partition coefficient (Wildman–Crippen LogP) is 4.20. The lowest BCUT2D eigenvalue weighted by Gasteiger charge is -2.10. The first-order valence-corrected chi connectivity index (χ1v) is 9.85. The molecule has 2 aromatic carbocycles. The maximum absolute atomic E-state index is 12.5. The van der Waals surface area contributed by atoms with Gasteiger partial charge in [-0.15, -0.1) is 0 Å². The lowest BCUT2D eigenvalue weighted by atomic mass is 10.00. The number of hydrogen-bond donors (Lipinski definition) is 1. The average molecular weight is 420 g/mol. The molecule has 1 N–H and O–H groups in total. The van der Waals surface area contributed by atoms with Crippen LogP contribution in [0.3, 0.4) is 0 Å². The molecule has 1 aliphatic heterocycles. The van der Waals surface area contributed by atoms with Crippen molar-refractivity contribution in [1.29, 1.82) is 0 Å². The summed E-state index contributed by atoms with van der Waals surface area (Å²) in [5, 5.41) is 3.40. The Morgan fingerprint density at radius 3 is 2.40 bits per heavy atom. The van der Waals surface area contributed by atoms with Gasteiger partial charge in [-0.2, -0.15) is 0 Å². The van der Waals surface area contributed by atoms with Crippen molar-refractivity contribution >= 4 is 35.1 Å². The van der Waals surface area contributed by atoms with E-state index in [1.807, 2.05) is 18.2 Å². The van der Waals surface area contributed by atoms with Crippen molar-refractivity contribution in [3.05, 3.63) is 82.5 Å². The summed E-state index contributed by atoms with van der Waals surface area (Å²) in [6, 6.07) is 16.0. The monoisotopic (exact) mass is 419 g/mol. The van der Waals surface area contributed by atoms with Crippen molar-refractivity contribution in [2.45, 2.75) is 13.3 Å². The summed E-state index contributed by atoms with van der Waals surface area (Å²) < 4.78 is 0. The van der Waals surface area contributed by atoms with E-state index in [1.54, 1.807) is 49.5 Å². The molecule has 3 aromatic rings. The van der Waals surface area contributed by atoms with Crippen molar-refractivity contribution in [2.24, 2.45) is 0 Å². The van der Waals surface area contributed by atoms with Crippen LogP contribution in [0.1, 0.15) is 33.2 Å². The number of amides is 3. The first-order valence-electron chi connectivity index (χ1n) is 9.48. The Bertz CT molecular complexity index is 1140. The second-order valence-electron chi connectivity index (χ2n) is 6.86. The number of nitrogens with one attached hydrogen (secondary N) is 1. The summed E-state index contributed by atoms with van der Waals surface area (Å²) in [4.78, 5) is 42.9. The summed E-state index contributed by atoms with van der Waals surface area (Å²) in [5.41, 5.74) is 3.04. The fourth-order valence-corrected chi connectivity index (χ4v) is 3.60. The van der Waals surface area contributed by atoms with Crippen molar-refractivity contribution in [2.75, 3.05) is 11.9 Å². The van der Waals surface area contributed by atoms with E-state index in [-0.39, 0.29) is 24.1 Å². The number of carbonyl (C=O) groups excluding carboxylic acids is 3. The zero-order valence-electron chi connectivity index (χ0n) is 16.2. The molecule has 2 heterocycles. The molecular formula is C23H18ClN3O3. The van der Waals surface area contributed by atoms with Crippen molar-refractivity contribution in [3.63, 3.8) is 0 Å². The summed E-state index contributed by atoms with van der Waals surface area (Å²) >= 11 is 5.91. The Morgan fingerprint density at radius 2 is 1.73 bits per heavy atom. The molecule has 0 saturated heterocycles. The minimum Gasteiger partial charge on any atom is -0.310 e. The van der Waals surface area contributed by atoms with Gasteiger partial charge in [0.15, 0.2) is 0 Å². The molecule has 0 unspecified atom stereocenters. The average Bonchev–Trinajstić information content (AvgIpc) is 2.99. The summed E-state index contributed by atoms with van der Waals surface area (Å²) in [6.45, 7) is 2.04. The molecule has 4 rings (SSSR count). The van der Waals surface area contributed by atoms with Gasteiger partial charge in [0.2, 0.25) is 5.91 Å². The third-order valence-electron chi connectivity index (χ3n) is 4.96. The fourth-order valence-electron chi connectivity index (χ4n) is 3.48. The molecular weight excluding hydrogens is 402 g/mol. The van der Waals surface area contributed by atoms with E-state index >= 15 is 0 Å². The summed E-state index contributed by atoms with van der Waals surface area (Å²) in [6.07, 6.45) is 1.64. The largest absolute Gasteiger partial charge is 0.310 e. The van der Waals surface area contributed by atoms with Gasteiger partial charge < -0.3 is 5.32 Å². The maximum Gasteiger partial charge on any atom is 0.261 e. The number of anilines is 1. The number of nitrogens with zero attached hydrogens (tertiary/aromatic N) is 2. The molecule has 7 heteroatoms. The van der Waals surface area contributed by atoms with Gasteiger partial charge >= 0.3 is 0 Å².